The van der Waals surface area contributed by atoms with E-state index in [1.807, 2.05) is 11.0 Å². The zero-order chi connectivity index (χ0) is 16.4. The van der Waals surface area contributed by atoms with Crippen molar-refractivity contribution in [2.45, 2.75) is 0 Å². The van der Waals surface area contributed by atoms with Crippen LogP contribution in [0.3, 0.4) is 0 Å². The number of hydrogen-bond acceptors (Lipinski definition) is 5. The molecule has 0 aromatic heterocycles. The number of nitriles is 1. The Balaban J connectivity index is 2.66. The van der Waals surface area contributed by atoms with Gasteiger partial charge >= 0.3 is 0 Å². The second-order valence-corrected chi connectivity index (χ2v) is 5.05. The minimum absolute atomic E-state index is 0.185. The number of rotatable bonds is 9. The van der Waals surface area contributed by atoms with Gasteiger partial charge in [-0.05, 0) is 18.2 Å². The van der Waals surface area contributed by atoms with E-state index in [2.05, 4.69) is 5.32 Å². The summed E-state index contributed by atoms with van der Waals surface area (Å²) >= 11 is 5.90. The lowest BCUT2D eigenvalue weighted by molar-refractivity contribution is -0.117. The number of methoxy groups -OCH3 is 2. The first-order valence-electron chi connectivity index (χ1n) is 6.80. The number of carbonyl (C=O) groups excluding carboxylic acids is 1. The van der Waals surface area contributed by atoms with Gasteiger partial charge in [-0.3, -0.25) is 9.69 Å². The molecule has 0 radical (unpaired) electrons. The van der Waals surface area contributed by atoms with Crippen molar-refractivity contribution in [3.63, 3.8) is 0 Å². The lowest BCUT2D eigenvalue weighted by atomic mass is 10.2. The third kappa shape index (κ3) is 6.41. The molecule has 0 fully saturated rings. The average Bonchev–Trinajstić information content (AvgIpc) is 2.50. The van der Waals surface area contributed by atoms with E-state index in [1.54, 1.807) is 32.4 Å². The summed E-state index contributed by atoms with van der Waals surface area (Å²) in [5.74, 6) is -0.217. The standard InChI is InChI=1S/C15H20ClN3O3/c1-21-7-5-19(6-8-22-2)11-15(20)18-14-9-13(16)4-3-12(14)10-17/h3-4,9H,5-8,11H2,1-2H3,(H,18,20). The number of halogens is 1. The van der Waals surface area contributed by atoms with Crippen molar-refractivity contribution in [1.82, 2.24) is 4.90 Å². The van der Waals surface area contributed by atoms with Crippen molar-refractivity contribution in [2.75, 3.05) is 52.4 Å². The van der Waals surface area contributed by atoms with Crippen molar-refractivity contribution in [3.05, 3.63) is 28.8 Å². The minimum Gasteiger partial charge on any atom is -0.383 e. The summed E-state index contributed by atoms with van der Waals surface area (Å²) in [6.45, 7) is 2.47. The fourth-order valence-electron chi connectivity index (χ4n) is 1.82. The number of anilines is 1. The predicted octanol–water partition coefficient (Wildman–Crippen LogP) is 1.74. The first kappa shape index (κ1) is 18.4. The van der Waals surface area contributed by atoms with E-state index in [0.717, 1.165) is 0 Å². The molecule has 0 atom stereocenters. The molecule has 6 nitrogen and oxygen atoms in total. The van der Waals surface area contributed by atoms with E-state index >= 15 is 0 Å². The number of amides is 1. The molecule has 120 valence electrons. The van der Waals surface area contributed by atoms with Gasteiger partial charge in [-0.1, -0.05) is 11.6 Å². The second kappa shape index (κ2) is 10.1. The van der Waals surface area contributed by atoms with Crippen LogP contribution in [0.2, 0.25) is 5.02 Å². The zero-order valence-corrected chi connectivity index (χ0v) is 13.5. The summed E-state index contributed by atoms with van der Waals surface area (Å²) in [5.41, 5.74) is 0.788. The Hall–Kier alpha value is -1.65. The summed E-state index contributed by atoms with van der Waals surface area (Å²) in [4.78, 5) is 14.1. The monoisotopic (exact) mass is 325 g/mol. The molecule has 0 aliphatic carbocycles. The van der Waals surface area contributed by atoms with Gasteiger partial charge in [-0.2, -0.15) is 5.26 Å². The smallest absolute Gasteiger partial charge is 0.238 e. The molecule has 1 N–H and O–H groups in total. The topological polar surface area (TPSA) is 74.6 Å². The van der Waals surface area contributed by atoms with Gasteiger partial charge in [0.15, 0.2) is 0 Å². The van der Waals surface area contributed by atoms with Crippen LogP contribution < -0.4 is 5.32 Å². The van der Waals surface area contributed by atoms with Crippen molar-refractivity contribution in [2.24, 2.45) is 0 Å². The Kier molecular flexibility index (Phi) is 8.48. The Labute approximate surface area is 135 Å². The van der Waals surface area contributed by atoms with Gasteiger partial charge in [0.05, 0.1) is 31.0 Å². The molecular weight excluding hydrogens is 306 g/mol. The molecule has 0 aliphatic heterocycles. The van der Waals surface area contributed by atoms with E-state index in [1.165, 1.54) is 0 Å². The van der Waals surface area contributed by atoms with Crippen LogP contribution in [0.1, 0.15) is 5.56 Å². The third-order valence-corrected chi connectivity index (χ3v) is 3.20. The number of hydrogen-bond donors (Lipinski definition) is 1. The molecule has 7 heteroatoms. The zero-order valence-electron chi connectivity index (χ0n) is 12.8. The number of carbonyl (C=O) groups is 1. The Morgan fingerprint density at radius 1 is 1.32 bits per heavy atom. The maximum atomic E-state index is 12.1. The molecule has 0 heterocycles. The number of nitrogens with zero attached hydrogens (tertiary/aromatic N) is 2. The van der Waals surface area contributed by atoms with Gasteiger partial charge in [-0.15, -0.1) is 0 Å². The van der Waals surface area contributed by atoms with E-state index < -0.39 is 0 Å². The summed E-state index contributed by atoms with van der Waals surface area (Å²) in [5, 5.41) is 12.2. The Morgan fingerprint density at radius 3 is 2.50 bits per heavy atom. The molecule has 1 aromatic carbocycles. The molecular formula is C15H20ClN3O3. The van der Waals surface area contributed by atoms with Crippen LogP contribution in [0, 0.1) is 11.3 Å². The van der Waals surface area contributed by atoms with Gasteiger partial charge < -0.3 is 14.8 Å². The molecule has 0 bridgehead atoms. The van der Waals surface area contributed by atoms with E-state index in [9.17, 15) is 4.79 Å². The molecule has 0 spiro atoms. The molecule has 0 aliphatic rings. The maximum Gasteiger partial charge on any atom is 0.238 e. The summed E-state index contributed by atoms with van der Waals surface area (Å²) in [7, 11) is 3.22. The fraction of sp³-hybridized carbons (Fsp3) is 0.467. The van der Waals surface area contributed by atoms with Crippen LogP contribution in [0.25, 0.3) is 0 Å². The van der Waals surface area contributed by atoms with E-state index in [0.29, 0.717) is 42.6 Å². The van der Waals surface area contributed by atoms with Crippen LogP contribution in [-0.2, 0) is 14.3 Å². The van der Waals surface area contributed by atoms with Gasteiger partial charge in [0, 0.05) is 32.3 Å². The molecule has 1 amide bonds. The summed E-state index contributed by atoms with van der Waals surface area (Å²) in [6, 6.07) is 6.77. The Morgan fingerprint density at radius 2 is 1.95 bits per heavy atom. The maximum absolute atomic E-state index is 12.1. The SMILES string of the molecule is COCCN(CCOC)CC(=O)Nc1cc(Cl)ccc1C#N. The highest BCUT2D eigenvalue weighted by Gasteiger charge is 2.12. The van der Waals surface area contributed by atoms with Crippen LogP contribution in [0.4, 0.5) is 5.69 Å². The fourth-order valence-corrected chi connectivity index (χ4v) is 1.99. The average molecular weight is 326 g/mol. The second-order valence-electron chi connectivity index (χ2n) is 4.61. The normalized spacial score (nSPS) is 10.5. The molecule has 1 rings (SSSR count). The van der Waals surface area contributed by atoms with Crippen LogP contribution in [0.15, 0.2) is 18.2 Å². The summed E-state index contributed by atoms with van der Waals surface area (Å²) < 4.78 is 10.1. The van der Waals surface area contributed by atoms with Crippen molar-refractivity contribution < 1.29 is 14.3 Å². The van der Waals surface area contributed by atoms with Crippen LogP contribution >= 0.6 is 11.6 Å². The van der Waals surface area contributed by atoms with Crippen LogP contribution in [-0.4, -0.2) is 57.9 Å². The summed E-state index contributed by atoms with van der Waals surface area (Å²) in [6.07, 6.45) is 0. The first-order chi connectivity index (χ1) is 10.6. The molecule has 0 unspecified atom stereocenters. The lowest BCUT2D eigenvalue weighted by Gasteiger charge is -2.21. The predicted molar refractivity (Wildman–Crippen MR) is 85.0 cm³/mol. The number of nitrogens with one attached hydrogen (secondary N) is 1. The first-order valence-corrected chi connectivity index (χ1v) is 7.18. The van der Waals surface area contributed by atoms with E-state index in [-0.39, 0.29) is 12.5 Å². The van der Waals surface area contributed by atoms with Crippen molar-refractivity contribution in [1.29, 1.82) is 5.26 Å². The quantitative estimate of drug-likeness (QED) is 0.748. The largest absolute Gasteiger partial charge is 0.383 e. The van der Waals surface area contributed by atoms with Gasteiger partial charge in [0.2, 0.25) is 5.91 Å². The van der Waals surface area contributed by atoms with Gasteiger partial charge in [0.1, 0.15) is 6.07 Å². The minimum atomic E-state index is -0.217. The van der Waals surface area contributed by atoms with Crippen molar-refractivity contribution in [3.8, 4) is 6.07 Å². The van der Waals surface area contributed by atoms with Gasteiger partial charge in [0.25, 0.3) is 0 Å². The number of benzene rings is 1. The highest BCUT2D eigenvalue weighted by Crippen LogP contribution is 2.20. The molecule has 0 saturated carbocycles. The molecule has 0 saturated heterocycles. The molecule has 1 aromatic rings. The Bertz CT molecular complexity index is 523. The highest BCUT2D eigenvalue weighted by molar-refractivity contribution is 6.31. The lowest BCUT2D eigenvalue weighted by Crippen LogP contribution is -2.37. The third-order valence-electron chi connectivity index (χ3n) is 2.97. The van der Waals surface area contributed by atoms with Crippen LogP contribution in [0.5, 0.6) is 0 Å². The van der Waals surface area contributed by atoms with Gasteiger partial charge in [-0.25, -0.2) is 0 Å². The number of ether oxygens (including phenoxy) is 2. The highest BCUT2D eigenvalue weighted by atomic mass is 35.5. The van der Waals surface area contributed by atoms with Crippen molar-refractivity contribution >= 4 is 23.2 Å². The van der Waals surface area contributed by atoms with E-state index in [4.69, 9.17) is 26.3 Å². The molecule has 22 heavy (non-hydrogen) atoms.